The number of methoxy groups -OCH3 is 1. The summed E-state index contributed by atoms with van der Waals surface area (Å²) >= 11 is 0. The van der Waals surface area contributed by atoms with Gasteiger partial charge in [0.1, 0.15) is 11.6 Å². The molecule has 5 rings (SSSR count). The molecule has 1 amide bonds. The lowest BCUT2D eigenvalue weighted by molar-refractivity contribution is 0.0572. The Morgan fingerprint density at radius 3 is 2.57 bits per heavy atom. The number of carbonyl (C=O) groups excluding carboxylic acids is 1. The number of hydrogen-bond acceptors (Lipinski definition) is 7. The maximum absolute atomic E-state index is 13.4. The number of para-hydroxylation sites is 1. The van der Waals surface area contributed by atoms with Crippen molar-refractivity contribution >= 4 is 17.7 Å². The summed E-state index contributed by atoms with van der Waals surface area (Å²) in [5, 5.41) is 3.67. The van der Waals surface area contributed by atoms with Crippen LogP contribution in [0.15, 0.2) is 36.5 Å². The lowest BCUT2D eigenvalue weighted by Crippen LogP contribution is -2.51. The van der Waals surface area contributed by atoms with Gasteiger partial charge in [-0.15, -0.1) is 0 Å². The molecule has 3 aliphatic heterocycles. The van der Waals surface area contributed by atoms with Gasteiger partial charge in [-0.2, -0.15) is 4.98 Å². The molecule has 3 fully saturated rings. The summed E-state index contributed by atoms with van der Waals surface area (Å²) in [4.78, 5) is 29.9. The van der Waals surface area contributed by atoms with Crippen LogP contribution in [0.25, 0.3) is 0 Å². The summed E-state index contributed by atoms with van der Waals surface area (Å²) in [5.74, 6) is 2.51. The molecule has 4 heterocycles. The SMILES string of the molecule is COc1ccccc1C(=O)N1CCCC(N2CCCCC(Nc3nccc(N4CCCCCC4)n3)C2)C1. The van der Waals surface area contributed by atoms with E-state index >= 15 is 0 Å². The van der Waals surface area contributed by atoms with E-state index in [9.17, 15) is 4.79 Å². The van der Waals surface area contributed by atoms with Gasteiger partial charge >= 0.3 is 0 Å². The summed E-state index contributed by atoms with van der Waals surface area (Å²) in [7, 11) is 1.63. The van der Waals surface area contributed by atoms with Gasteiger partial charge in [0.25, 0.3) is 5.91 Å². The fraction of sp³-hybridized carbons (Fsp3) is 0.621. The number of nitrogens with one attached hydrogen (secondary N) is 1. The first kappa shape index (κ1) is 25.8. The molecule has 2 atom stereocenters. The lowest BCUT2D eigenvalue weighted by Gasteiger charge is -2.40. The number of carbonyl (C=O) groups is 1. The van der Waals surface area contributed by atoms with Crippen molar-refractivity contribution in [1.29, 1.82) is 0 Å². The van der Waals surface area contributed by atoms with Crippen molar-refractivity contribution in [3.8, 4) is 5.75 Å². The minimum atomic E-state index is 0.0744. The minimum Gasteiger partial charge on any atom is -0.496 e. The molecule has 1 aromatic heterocycles. The Labute approximate surface area is 221 Å². The number of hydrogen-bond donors (Lipinski definition) is 1. The second-order valence-corrected chi connectivity index (χ2v) is 10.7. The van der Waals surface area contributed by atoms with E-state index in [0.717, 1.165) is 70.3 Å². The molecule has 0 aliphatic carbocycles. The molecule has 1 N–H and O–H groups in total. The van der Waals surface area contributed by atoms with Gasteiger partial charge in [-0.3, -0.25) is 9.69 Å². The fourth-order valence-corrected chi connectivity index (χ4v) is 6.13. The normalized spacial score (nSPS) is 23.7. The summed E-state index contributed by atoms with van der Waals surface area (Å²) < 4.78 is 5.46. The maximum Gasteiger partial charge on any atom is 0.257 e. The van der Waals surface area contributed by atoms with Crippen LogP contribution in [0.3, 0.4) is 0 Å². The molecule has 0 saturated carbocycles. The van der Waals surface area contributed by atoms with Gasteiger partial charge in [0.15, 0.2) is 0 Å². The van der Waals surface area contributed by atoms with Gasteiger partial charge in [0, 0.05) is 51.0 Å². The Morgan fingerprint density at radius 1 is 0.919 bits per heavy atom. The topological polar surface area (TPSA) is 73.8 Å². The molecule has 37 heavy (non-hydrogen) atoms. The predicted molar refractivity (Wildman–Crippen MR) is 147 cm³/mol. The molecule has 200 valence electrons. The van der Waals surface area contributed by atoms with Crippen LogP contribution in [0, 0.1) is 0 Å². The van der Waals surface area contributed by atoms with E-state index in [2.05, 4.69) is 20.1 Å². The molecule has 0 spiro atoms. The number of anilines is 2. The van der Waals surface area contributed by atoms with Gasteiger partial charge in [0.2, 0.25) is 5.95 Å². The second kappa shape index (κ2) is 12.6. The number of nitrogens with zero attached hydrogens (tertiary/aromatic N) is 5. The van der Waals surface area contributed by atoms with Crippen LogP contribution in [0.1, 0.15) is 68.1 Å². The van der Waals surface area contributed by atoms with E-state index < -0.39 is 0 Å². The summed E-state index contributed by atoms with van der Waals surface area (Å²) in [6.07, 6.45) is 12.6. The molecule has 3 aliphatic rings. The monoisotopic (exact) mass is 506 g/mol. The quantitative estimate of drug-likeness (QED) is 0.621. The van der Waals surface area contributed by atoms with Crippen LogP contribution >= 0.6 is 0 Å². The highest BCUT2D eigenvalue weighted by Gasteiger charge is 2.31. The number of likely N-dealkylation sites (tertiary alicyclic amines) is 2. The summed E-state index contributed by atoms with van der Waals surface area (Å²) in [5.41, 5.74) is 0.655. The first-order chi connectivity index (χ1) is 18.2. The zero-order valence-electron chi connectivity index (χ0n) is 22.3. The van der Waals surface area contributed by atoms with Crippen molar-refractivity contribution in [3.05, 3.63) is 42.1 Å². The average Bonchev–Trinajstić information content (AvgIpc) is 3.36. The number of ether oxygens (including phenoxy) is 1. The van der Waals surface area contributed by atoms with Crippen LogP contribution in [0.5, 0.6) is 5.75 Å². The standard InChI is InChI=1S/C29H42N6O2/c1-37-26-14-5-4-13-25(26)28(36)35-20-10-12-24(22-35)34-19-9-6-11-23(21-34)31-29-30-16-15-27(32-29)33-17-7-2-3-8-18-33/h4-5,13-16,23-24H,2-3,6-12,17-22H2,1H3,(H,30,31,32). The third-order valence-electron chi connectivity index (χ3n) is 8.14. The van der Waals surface area contributed by atoms with Gasteiger partial charge in [-0.1, -0.05) is 31.4 Å². The largest absolute Gasteiger partial charge is 0.496 e. The van der Waals surface area contributed by atoms with E-state index in [4.69, 9.17) is 9.72 Å². The molecule has 8 heteroatoms. The van der Waals surface area contributed by atoms with Gasteiger partial charge in [0.05, 0.1) is 12.7 Å². The smallest absolute Gasteiger partial charge is 0.257 e. The summed E-state index contributed by atoms with van der Waals surface area (Å²) in [6.45, 7) is 5.77. The van der Waals surface area contributed by atoms with Crippen LogP contribution in [0.2, 0.25) is 0 Å². The number of aromatic nitrogens is 2. The molecule has 8 nitrogen and oxygen atoms in total. The minimum absolute atomic E-state index is 0.0744. The summed E-state index contributed by atoms with van der Waals surface area (Å²) in [6, 6.07) is 10.3. The first-order valence-electron chi connectivity index (χ1n) is 14.2. The first-order valence-corrected chi connectivity index (χ1v) is 14.2. The molecule has 2 aromatic rings. The number of benzene rings is 1. The van der Waals surface area contributed by atoms with Gasteiger partial charge in [-0.25, -0.2) is 4.98 Å². The van der Waals surface area contributed by atoms with E-state index in [0.29, 0.717) is 23.4 Å². The van der Waals surface area contributed by atoms with Crippen molar-refractivity contribution in [2.75, 3.05) is 56.6 Å². The number of amides is 1. The third kappa shape index (κ3) is 6.53. The maximum atomic E-state index is 13.4. The predicted octanol–water partition coefficient (Wildman–Crippen LogP) is 4.44. The lowest BCUT2D eigenvalue weighted by atomic mass is 10.0. The van der Waals surface area contributed by atoms with Crippen molar-refractivity contribution < 1.29 is 9.53 Å². The fourth-order valence-electron chi connectivity index (χ4n) is 6.13. The van der Waals surface area contributed by atoms with Crippen molar-refractivity contribution in [1.82, 2.24) is 19.8 Å². The molecule has 0 radical (unpaired) electrons. The highest BCUT2D eigenvalue weighted by Crippen LogP contribution is 2.26. The molecule has 2 unspecified atom stereocenters. The highest BCUT2D eigenvalue weighted by atomic mass is 16.5. The average molecular weight is 507 g/mol. The Bertz CT molecular complexity index is 1020. The van der Waals surface area contributed by atoms with E-state index in [-0.39, 0.29) is 5.91 Å². The molecule has 1 aromatic carbocycles. The van der Waals surface area contributed by atoms with Gasteiger partial charge < -0.3 is 19.9 Å². The molecule has 0 bridgehead atoms. The number of piperidine rings is 1. The second-order valence-electron chi connectivity index (χ2n) is 10.7. The Morgan fingerprint density at radius 2 is 1.73 bits per heavy atom. The van der Waals surface area contributed by atoms with Gasteiger partial charge in [-0.05, 0) is 63.3 Å². The van der Waals surface area contributed by atoms with E-state index in [1.54, 1.807) is 7.11 Å². The van der Waals surface area contributed by atoms with Crippen molar-refractivity contribution in [3.63, 3.8) is 0 Å². The van der Waals surface area contributed by atoms with E-state index in [1.807, 2.05) is 41.4 Å². The molecule has 3 saturated heterocycles. The zero-order chi connectivity index (χ0) is 25.5. The van der Waals surface area contributed by atoms with Crippen LogP contribution in [-0.2, 0) is 0 Å². The molecular formula is C29H42N6O2. The van der Waals surface area contributed by atoms with E-state index in [1.165, 1.54) is 38.5 Å². The Hall–Kier alpha value is -2.87. The van der Waals surface area contributed by atoms with Crippen molar-refractivity contribution in [2.24, 2.45) is 0 Å². The zero-order valence-corrected chi connectivity index (χ0v) is 22.3. The van der Waals surface area contributed by atoms with Crippen LogP contribution in [0.4, 0.5) is 11.8 Å². The Kier molecular flexibility index (Phi) is 8.76. The van der Waals surface area contributed by atoms with Crippen LogP contribution in [-0.4, -0.2) is 84.1 Å². The number of rotatable bonds is 6. The van der Waals surface area contributed by atoms with Crippen molar-refractivity contribution in [2.45, 2.75) is 69.9 Å². The third-order valence-corrected chi connectivity index (χ3v) is 8.14. The molecular weight excluding hydrogens is 464 g/mol. The Balaban J connectivity index is 1.22. The highest BCUT2D eigenvalue weighted by molar-refractivity contribution is 5.97. The van der Waals surface area contributed by atoms with Crippen LogP contribution < -0.4 is 15.0 Å².